The topological polar surface area (TPSA) is 61.0 Å². The third kappa shape index (κ3) is 3.51. The Kier molecular flexibility index (Phi) is 4.78. The molecule has 21 heavy (non-hydrogen) atoms. The number of rotatable bonds is 5. The van der Waals surface area contributed by atoms with Crippen molar-refractivity contribution in [1.82, 2.24) is 9.97 Å². The van der Waals surface area contributed by atoms with Crippen LogP contribution in [-0.4, -0.2) is 9.97 Å². The van der Waals surface area contributed by atoms with Crippen molar-refractivity contribution in [3.63, 3.8) is 0 Å². The molecule has 2 N–H and O–H groups in total. The van der Waals surface area contributed by atoms with E-state index >= 15 is 0 Å². The third-order valence-electron chi connectivity index (χ3n) is 3.44. The Morgan fingerprint density at radius 3 is 2.67 bits per heavy atom. The summed E-state index contributed by atoms with van der Waals surface area (Å²) in [4.78, 5) is 8.33. The molecule has 1 heterocycles. The number of benzene rings is 1. The van der Waals surface area contributed by atoms with E-state index in [0.29, 0.717) is 17.6 Å². The first-order chi connectivity index (χ1) is 10.0. The number of nitrogens with zero attached hydrogens (tertiary/aromatic N) is 2. The number of ether oxygens (including phenoxy) is 1. The molecular weight excluding hydrogens is 262 g/mol. The van der Waals surface area contributed by atoms with Crippen LogP contribution in [0.5, 0.6) is 11.6 Å². The van der Waals surface area contributed by atoms with Gasteiger partial charge in [0.05, 0.1) is 5.56 Å². The zero-order valence-electron chi connectivity index (χ0n) is 13.2. The highest BCUT2D eigenvalue weighted by Gasteiger charge is 2.14. The van der Waals surface area contributed by atoms with Gasteiger partial charge in [0, 0.05) is 0 Å². The Labute approximate surface area is 126 Å². The molecule has 4 heteroatoms. The highest BCUT2D eigenvalue weighted by atomic mass is 16.5. The minimum Gasteiger partial charge on any atom is -0.438 e. The van der Waals surface area contributed by atoms with Crippen LogP contribution in [0.4, 0.5) is 5.82 Å². The first kappa shape index (κ1) is 15.3. The molecule has 0 aliphatic carbocycles. The number of aromatic nitrogens is 2. The molecule has 0 aliphatic heterocycles. The second-order valence-electron chi connectivity index (χ2n) is 5.59. The molecule has 0 aliphatic rings. The average molecular weight is 285 g/mol. The highest BCUT2D eigenvalue weighted by Crippen LogP contribution is 2.33. The summed E-state index contributed by atoms with van der Waals surface area (Å²) in [6.07, 6.45) is 3.23. The third-order valence-corrected chi connectivity index (χ3v) is 3.44. The molecule has 0 saturated heterocycles. The Hall–Kier alpha value is -2.10. The fraction of sp³-hybridized carbons (Fsp3) is 0.412. The van der Waals surface area contributed by atoms with E-state index in [1.165, 1.54) is 11.9 Å². The van der Waals surface area contributed by atoms with Crippen molar-refractivity contribution in [2.45, 2.75) is 46.5 Å². The Bertz CT molecular complexity index is 623. The molecule has 0 radical (unpaired) electrons. The molecule has 2 rings (SSSR count). The lowest BCUT2D eigenvalue weighted by Gasteiger charge is -2.16. The summed E-state index contributed by atoms with van der Waals surface area (Å²) >= 11 is 0. The molecule has 0 saturated carbocycles. The summed E-state index contributed by atoms with van der Waals surface area (Å²) in [5.41, 5.74) is 9.17. The van der Waals surface area contributed by atoms with E-state index in [9.17, 15) is 0 Å². The van der Waals surface area contributed by atoms with Gasteiger partial charge in [-0.15, -0.1) is 0 Å². The number of anilines is 1. The fourth-order valence-electron chi connectivity index (χ4n) is 2.29. The van der Waals surface area contributed by atoms with Crippen molar-refractivity contribution in [2.24, 2.45) is 0 Å². The Balaban J connectivity index is 2.43. The number of nitrogen functional groups attached to an aromatic ring is 1. The average Bonchev–Trinajstić information content (AvgIpc) is 2.42. The van der Waals surface area contributed by atoms with Crippen LogP contribution in [0, 0.1) is 6.92 Å². The minimum absolute atomic E-state index is 0.384. The van der Waals surface area contributed by atoms with Crippen molar-refractivity contribution < 1.29 is 4.74 Å². The molecule has 0 unspecified atom stereocenters. The van der Waals surface area contributed by atoms with Crippen LogP contribution in [0.2, 0.25) is 0 Å². The second kappa shape index (κ2) is 6.57. The van der Waals surface area contributed by atoms with Crippen LogP contribution in [0.25, 0.3) is 0 Å². The molecule has 112 valence electrons. The van der Waals surface area contributed by atoms with Crippen molar-refractivity contribution in [2.75, 3.05) is 5.73 Å². The monoisotopic (exact) mass is 285 g/mol. The zero-order valence-corrected chi connectivity index (χ0v) is 13.2. The van der Waals surface area contributed by atoms with Gasteiger partial charge in [0.1, 0.15) is 17.9 Å². The van der Waals surface area contributed by atoms with Crippen LogP contribution in [0.1, 0.15) is 49.8 Å². The van der Waals surface area contributed by atoms with E-state index in [1.54, 1.807) is 0 Å². The number of nitrogens with two attached hydrogens (primary N) is 1. The lowest BCUT2D eigenvalue weighted by Crippen LogP contribution is -2.04. The van der Waals surface area contributed by atoms with Gasteiger partial charge in [-0.05, 0) is 36.5 Å². The van der Waals surface area contributed by atoms with E-state index in [4.69, 9.17) is 10.5 Å². The molecule has 0 amide bonds. The summed E-state index contributed by atoms with van der Waals surface area (Å²) in [7, 11) is 0. The quantitative estimate of drug-likeness (QED) is 0.892. The van der Waals surface area contributed by atoms with Gasteiger partial charge in [0.2, 0.25) is 5.88 Å². The van der Waals surface area contributed by atoms with Gasteiger partial charge in [-0.1, -0.05) is 39.3 Å². The van der Waals surface area contributed by atoms with Crippen molar-refractivity contribution >= 4 is 5.82 Å². The maximum Gasteiger partial charge on any atom is 0.227 e. The maximum atomic E-state index is 6.09. The van der Waals surface area contributed by atoms with Gasteiger partial charge in [-0.25, -0.2) is 9.97 Å². The van der Waals surface area contributed by atoms with Crippen LogP contribution >= 0.6 is 0 Å². The van der Waals surface area contributed by atoms with Gasteiger partial charge in [0.25, 0.3) is 0 Å². The van der Waals surface area contributed by atoms with Crippen molar-refractivity contribution in [1.29, 1.82) is 0 Å². The molecule has 1 aromatic carbocycles. The summed E-state index contributed by atoms with van der Waals surface area (Å²) in [5.74, 6) is 2.30. The van der Waals surface area contributed by atoms with Crippen molar-refractivity contribution in [3.8, 4) is 11.6 Å². The van der Waals surface area contributed by atoms with Crippen LogP contribution in [-0.2, 0) is 6.42 Å². The normalized spacial score (nSPS) is 10.9. The Morgan fingerprint density at radius 2 is 2.00 bits per heavy atom. The lowest BCUT2D eigenvalue weighted by molar-refractivity contribution is 0.446. The molecule has 0 fully saturated rings. The SMILES string of the molecule is CCCc1c(N)ncnc1Oc1cc(C)ccc1C(C)C. The van der Waals surface area contributed by atoms with Crippen LogP contribution in [0.3, 0.4) is 0 Å². The summed E-state index contributed by atoms with van der Waals surface area (Å²) < 4.78 is 6.09. The first-order valence-corrected chi connectivity index (χ1v) is 7.40. The number of hydrogen-bond donors (Lipinski definition) is 1. The van der Waals surface area contributed by atoms with Gasteiger partial charge in [-0.2, -0.15) is 0 Å². The lowest BCUT2D eigenvalue weighted by atomic mass is 10.0. The molecule has 2 aromatic rings. The number of aryl methyl sites for hydroxylation is 1. The predicted octanol–water partition coefficient (Wildman–Crippen LogP) is 4.24. The highest BCUT2D eigenvalue weighted by molar-refractivity contribution is 5.48. The molecule has 0 spiro atoms. The maximum absolute atomic E-state index is 6.09. The summed E-state index contributed by atoms with van der Waals surface area (Å²) in [5, 5.41) is 0. The van der Waals surface area contributed by atoms with Gasteiger partial charge in [-0.3, -0.25) is 0 Å². The van der Waals surface area contributed by atoms with Gasteiger partial charge in [0.15, 0.2) is 0 Å². The van der Waals surface area contributed by atoms with Crippen LogP contribution in [0.15, 0.2) is 24.5 Å². The minimum atomic E-state index is 0.384. The van der Waals surface area contributed by atoms with E-state index in [2.05, 4.69) is 49.8 Å². The smallest absolute Gasteiger partial charge is 0.227 e. The van der Waals surface area contributed by atoms with E-state index in [0.717, 1.165) is 29.7 Å². The van der Waals surface area contributed by atoms with Crippen molar-refractivity contribution in [3.05, 3.63) is 41.2 Å². The van der Waals surface area contributed by atoms with Gasteiger partial charge < -0.3 is 10.5 Å². The van der Waals surface area contributed by atoms with E-state index < -0.39 is 0 Å². The molecular formula is C17H23N3O. The Morgan fingerprint density at radius 1 is 1.24 bits per heavy atom. The molecule has 1 aromatic heterocycles. The first-order valence-electron chi connectivity index (χ1n) is 7.40. The standard InChI is InChI=1S/C17H23N3O/c1-5-6-14-16(18)19-10-20-17(14)21-15-9-12(4)7-8-13(15)11(2)3/h7-11H,5-6H2,1-4H3,(H2,18,19,20). The fourth-order valence-corrected chi connectivity index (χ4v) is 2.29. The van der Waals surface area contributed by atoms with Crippen LogP contribution < -0.4 is 10.5 Å². The molecule has 4 nitrogen and oxygen atoms in total. The summed E-state index contributed by atoms with van der Waals surface area (Å²) in [6, 6.07) is 6.26. The summed E-state index contributed by atoms with van der Waals surface area (Å²) in [6.45, 7) is 8.46. The molecule has 0 bridgehead atoms. The second-order valence-corrected chi connectivity index (χ2v) is 5.59. The largest absolute Gasteiger partial charge is 0.438 e. The predicted molar refractivity (Wildman–Crippen MR) is 85.8 cm³/mol. The van der Waals surface area contributed by atoms with E-state index in [-0.39, 0.29) is 0 Å². The van der Waals surface area contributed by atoms with E-state index in [1.807, 2.05) is 6.07 Å². The number of hydrogen-bond acceptors (Lipinski definition) is 4. The van der Waals surface area contributed by atoms with Gasteiger partial charge >= 0.3 is 0 Å². The molecule has 0 atom stereocenters. The zero-order chi connectivity index (χ0) is 15.4.